The summed E-state index contributed by atoms with van der Waals surface area (Å²) >= 11 is 0. The first-order valence-electron chi connectivity index (χ1n) is 8.15. The molecule has 1 atom stereocenters. The van der Waals surface area contributed by atoms with E-state index in [0.29, 0.717) is 11.3 Å². The number of benzene rings is 2. The second kappa shape index (κ2) is 6.73. The Labute approximate surface area is 137 Å². The molecule has 1 unspecified atom stereocenters. The van der Waals surface area contributed by atoms with Gasteiger partial charge in [-0.3, -0.25) is 4.79 Å². The second-order valence-corrected chi connectivity index (χ2v) is 6.07. The molecular weight excluding hydrogens is 286 g/mol. The van der Waals surface area contributed by atoms with Crippen molar-refractivity contribution < 1.29 is 4.79 Å². The molecule has 3 N–H and O–H groups in total. The Bertz CT molecular complexity index is 693. The van der Waals surface area contributed by atoms with Crippen molar-refractivity contribution in [2.45, 2.75) is 25.8 Å². The lowest BCUT2D eigenvalue weighted by Gasteiger charge is -2.21. The van der Waals surface area contributed by atoms with Gasteiger partial charge in [0.05, 0.1) is 11.6 Å². The number of hydrogen-bond donors (Lipinski definition) is 2. The van der Waals surface area contributed by atoms with E-state index >= 15 is 0 Å². The van der Waals surface area contributed by atoms with Crippen LogP contribution in [0.15, 0.2) is 48.5 Å². The van der Waals surface area contributed by atoms with Crippen molar-refractivity contribution in [1.29, 1.82) is 0 Å². The van der Waals surface area contributed by atoms with Gasteiger partial charge in [-0.15, -0.1) is 0 Å². The third-order valence-electron chi connectivity index (χ3n) is 4.39. The molecule has 0 aliphatic carbocycles. The van der Waals surface area contributed by atoms with E-state index in [2.05, 4.69) is 34.5 Å². The summed E-state index contributed by atoms with van der Waals surface area (Å²) in [5, 5.41) is 3.03. The average molecular weight is 309 g/mol. The van der Waals surface area contributed by atoms with Crippen molar-refractivity contribution in [3.8, 4) is 0 Å². The number of rotatable bonds is 4. The molecule has 1 aliphatic heterocycles. The third kappa shape index (κ3) is 3.47. The lowest BCUT2D eigenvalue weighted by molar-refractivity contribution is 0.0941. The summed E-state index contributed by atoms with van der Waals surface area (Å²) in [4.78, 5) is 14.8. The first-order chi connectivity index (χ1) is 11.1. The van der Waals surface area contributed by atoms with Gasteiger partial charge in [-0.2, -0.15) is 0 Å². The molecule has 0 saturated carbocycles. The lowest BCUT2D eigenvalue weighted by atomic mass is 10.1. The number of nitrogens with one attached hydrogen (secondary N) is 1. The number of nitrogens with zero attached hydrogens (tertiary/aromatic N) is 1. The standard InChI is InChI=1S/C19H23N3O/c1-14(21-19(23)17-9-2-3-10-18(17)20)15-7-6-8-16(13-15)22-11-4-5-12-22/h2-3,6-10,13-14H,4-5,11-12,20H2,1H3,(H,21,23). The molecule has 0 radical (unpaired) electrons. The van der Waals surface area contributed by atoms with Crippen LogP contribution in [0.3, 0.4) is 0 Å². The highest BCUT2D eigenvalue weighted by Gasteiger charge is 2.16. The van der Waals surface area contributed by atoms with Crippen molar-refractivity contribution in [3.63, 3.8) is 0 Å². The minimum Gasteiger partial charge on any atom is -0.398 e. The third-order valence-corrected chi connectivity index (χ3v) is 4.39. The Balaban J connectivity index is 1.73. The van der Waals surface area contributed by atoms with E-state index in [1.807, 2.05) is 19.1 Å². The van der Waals surface area contributed by atoms with Crippen LogP contribution in [0.25, 0.3) is 0 Å². The van der Waals surface area contributed by atoms with Gasteiger partial charge in [0.25, 0.3) is 5.91 Å². The highest BCUT2D eigenvalue weighted by molar-refractivity contribution is 5.99. The molecule has 0 spiro atoms. The Morgan fingerprint density at radius 3 is 2.61 bits per heavy atom. The molecule has 1 fully saturated rings. The van der Waals surface area contributed by atoms with E-state index in [9.17, 15) is 4.79 Å². The van der Waals surface area contributed by atoms with E-state index < -0.39 is 0 Å². The zero-order chi connectivity index (χ0) is 16.2. The first kappa shape index (κ1) is 15.4. The molecule has 1 saturated heterocycles. The van der Waals surface area contributed by atoms with Crippen molar-refractivity contribution >= 4 is 17.3 Å². The van der Waals surface area contributed by atoms with Crippen LogP contribution in [0.1, 0.15) is 41.7 Å². The van der Waals surface area contributed by atoms with Crippen LogP contribution in [0.2, 0.25) is 0 Å². The monoisotopic (exact) mass is 309 g/mol. The smallest absolute Gasteiger partial charge is 0.253 e. The van der Waals surface area contributed by atoms with Crippen molar-refractivity contribution in [2.75, 3.05) is 23.7 Å². The summed E-state index contributed by atoms with van der Waals surface area (Å²) in [6.45, 7) is 4.23. The molecule has 4 heteroatoms. The van der Waals surface area contributed by atoms with Crippen LogP contribution in [-0.2, 0) is 0 Å². The molecule has 120 valence electrons. The maximum Gasteiger partial charge on any atom is 0.253 e. The fourth-order valence-corrected chi connectivity index (χ4v) is 3.03. The molecule has 0 aromatic heterocycles. The number of carbonyl (C=O) groups is 1. The molecule has 3 rings (SSSR count). The number of nitrogens with two attached hydrogens (primary N) is 1. The van der Waals surface area contributed by atoms with E-state index in [4.69, 9.17) is 5.73 Å². The topological polar surface area (TPSA) is 58.4 Å². The number of anilines is 2. The number of hydrogen-bond acceptors (Lipinski definition) is 3. The van der Waals surface area contributed by atoms with Crippen LogP contribution in [0, 0.1) is 0 Å². The Morgan fingerprint density at radius 2 is 1.87 bits per heavy atom. The van der Waals surface area contributed by atoms with Crippen molar-refractivity contribution in [2.24, 2.45) is 0 Å². The number of amides is 1. The van der Waals surface area contributed by atoms with E-state index in [1.54, 1.807) is 12.1 Å². The highest BCUT2D eigenvalue weighted by atomic mass is 16.1. The fourth-order valence-electron chi connectivity index (χ4n) is 3.03. The van der Waals surface area contributed by atoms with Crippen LogP contribution in [0.5, 0.6) is 0 Å². The summed E-state index contributed by atoms with van der Waals surface area (Å²) in [7, 11) is 0. The van der Waals surface area contributed by atoms with E-state index in [0.717, 1.165) is 18.7 Å². The van der Waals surface area contributed by atoms with Gasteiger partial charge in [0.15, 0.2) is 0 Å². The van der Waals surface area contributed by atoms with Gasteiger partial charge in [-0.1, -0.05) is 24.3 Å². The van der Waals surface area contributed by atoms with E-state index in [1.165, 1.54) is 18.5 Å². The summed E-state index contributed by atoms with van der Waals surface area (Å²) in [5.74, 6) is -0.137. The molecule has 1 amide bonds. The van der Waals surface area contributed by atoms with Gasteiger partial charge >= 0.3 is 0 Å². The lowest BCUT2D eigenvalue weighted by Crippen LogP contribution is -2.27. The van der Waals surface area contributed by atoms with Gasteiger partial charge < -0.3 is 16.0 Å². The van der Waals surface area contributed by atoms with Gasteiger partial charge in [0.2, 0.25) is 0 Å². The minimum absolute atomic E-state index is 0.0651. The summed E-state index contributed by atoms with van der Waals surface area (Å²) in [6.07, 6.45) is 2.51. The highest BCUT2D eigenvalue weighted by Crippen LogP contribution is 2.24. The quantitative estimate of drug-likeness (QED) is 0.851. The predicted octanol–water partition coefficient (Wildman–Crippen LogP) is 3.36. The molecule has 0 bridgehead atoms. The van der Waals surface area contributed by atoms with Crippen molar-refractivity contribution in [3.05, 3.63) is 59.7 Å². The van der Waals surface area contributed by atoms with E-state index in [-0.39, 0.29) is 11.9 Å². The summed E-state index contributed by atoms with van der Waals surface area (Å²) in [5.41, 5.74) is 9.25. The molecule has 1 aliphatic rings. The van der Waals surface area contributed by atoms with Crippen LogP contribution >= 0.6 is 0 Å². The summed E-state index contributed by atoms with van der Waals surface area (Å²) < 4.78 is 0. The minimum atomic E-state index is -0.137. The Morgan fingerprint density at radius 1 is 1.13 bits per heavy atom. The average Bonchev–Trinajstić information content (AvgIpc) is 3.10. The zero-order valence-electron chi connectivity index (χ0n) is 13.5. The number of nitrogen functional groups attached to an aromatic ring is 1. The Hall–Kier alpha value is -2.49. The largest absolute Gasteiger partial charge is 0.398 e. The van der Waals surface area contributed by atoms with Crippen LogP contribution < -0.4 is 16.0 Å². The molecule has 23 heavy (non-hydrogen) atoms. The number of carbonyl (C=O) groups excluding carboxylic acids is 1. The van der Waals surface area contributed by atoms with Gasteiger partial charge in [-0.05, 0) is 49.6 Å². The molecule has 4 nitrogen and oxygen atoms in total. The fraction of sp³-hybridized carbons (Fsp3) is 0.316. The first-order valence-corrected chi connectivity index (χ1v) is 8.15. The van der Waals surface area contributed by atoms with Crippen LogP contribution in [-0.4, -0.2) is 19.0 Å². The molecule has 1 heterocycles. The Kier molecular flexibility index (Phi) is 4.51. The number of para-hydroxylation sites is 1. The molecule has 2 aromatic rings. The summed E-state index contributed by atoms with van der Waals surface area (Å²) in [6, 6.07) is 15.5. The predicted molar refractivity (Wildman–Crippen MR) is 94.6 cm³/mol. The van der Waals surface area contributed by atoms with Crippen molar-refractivity contribution in [1.82, 2.24) is 5.32 Å². The normalized spacial score (nSPS) is 15.4. The SMILES string of the molecule is CC(NC(=O)c1ccccc1N)c1cccc(N2CCCC2)c1. The van der Waals surface area contributed by atoms with Gasteiger partial charge in [0, 0.05) is 24.5 Å². The van der Waals surface area contributed by atoms with Crippen LogP contribution in [0.4, 0.5) is 11.4 Å². The molecular formula is C19H23N3O. The second-order valence-electron chi connectivity index (χ2n) is 6.07. The zero-order valence-corrected chi connectivity index (χ0v) is 13.5. The molecule has 2 aromatic carbocycles. The maximum atomic E-state index is 12.4. The maximum absolute atomic E-state index is 12.4. The van der Waals surface area contributed by atoms with Gasteiger partial charge in [-0.25, -0.2) is 0 Å². The van der Waals surface area contributed by atoms with Gasteiger partial charge in [0.1, 0.15) is 0 Å².